The van der Waals surface area contributed by atoms with Gasteiger partial charge in [0.25, 0.3) is 0 Å². The van der Waals surface area contributed by atoms with E-state index in [1.807, 2.05) is 20.8 Å². The average molecular weight is 384 g/mol. The molecule has 0 spiro atoms. The number of carbonyl (C=O) groups is 1. The Kier molecular flexibility index (Phi) is 6.43. The van der Waals surface area contributed by atoms with Crippen molar-refractivity contribution in [1.29, 1.82) is 0 Å². The highest BCUT2D eigenvalue weighted by molar-refractivity contribution is 9.10. The van der Waals surface area contributed by atoms with Crippen molar-refractivity contribution in [2.75, 3.05) is 18.4 Å². The molecule has 0 aliphatic carbocycles. The quantitative estimate of drug-likeness (QED) is 0.741. The molecule has 4 nitrogen and oxygen atoms in total. The fourth-order valence-electron chi connectivity index (χ4n) is 1.38. The Bertz CT molecular complexity index is 467. The molecule has 1 aromatic carbocycles. The van der Waals surface area contributed by atoms with Gasteiger partial charge in [-0.2, -0.15) is 0 Å². The fourth-order valence-corrected chi connectivity index (χ4v) is 2.72. The summed E-state index contributed by atoms with van der Waals surface area (Å²) >= 11 is 15.5. The molecule has 1 amide bonds. The van der Waals surface area contributed by atoms with Gasteiger partial charge in [0.15, 0.2) is 0 Å². The van der Waals surface area contributed by atoms with Gasteiger partial charge in [0, 0.05) is 17.6 Å². The zero-order valence-corrected chi connectivity index (χ0v) is 14.6. The molecule has 0 radical (unpaired) electrons. The zero-order chi connectivity index (χ0) is 15.3. The molecule has 20 heavy (non-hydrogen) atoms. The topological polar surface area (TPSA) is 50.4 Å². The summed E-state index contributed by atoms with van der Waals surface area (Å²) in [5.41, 5.74) is 0.137. The largest absolute Gasteiger partial charge is 0.444 e. The lowest BCUT2D eigenvalue weighted by Gasteiger charge is -2.19. The number of carbonyl (C=O) groups excluding carboxylic acids is 1. The van der Waals surface area contributed by atoms with E-state index in [1.54, 1.807) is 12.1 Å². The molecule has 2 N–H and O–H groups in total. The van der Waals surface area contributed by atoms with E-state index < -0.39 is 11.7 Å². The van der Waals surface area contributed by atoms with Crippen LogP contribution in [0.5, 0.6) is 0 Å². The lowest BCUT2D eigenvalue weighted by atomic mass is 10.2. The van der Waals surface area contributed by atoms with Crippen LogP contribution in [0.3, 0.4) is 0 Å². The van der Waals surface area contributed by atoms with Gasteiger partial charge in [-0.25, -0.2) is 4.79 Å². The van der Waals surface area contributed by atoms with Crippen LogP contribution in [0.1, 0.15) is 20.8 Å². The average Bonchev–Trinajstić information content (AvgIpc) is 2.23. The third-order valence-electron chi connectivity index (χ3n) is 2.10. The number of halogens is 3. The Hall–Kier alpha value is -0.650. The molecule has 0 bridgehead atoms. The van der Waals surface area contributed by atoms with Gasteiger partial charge in [0.05, 0.1) is 15.7 Å². The van der Waals surface area contributed by atoms with Crippen LogP contribution >= 0.6 is 39.1 Å². The van der Waals surface area contributed by atoms with Gasteiger partial charge in [-0.1, -0.05) is 39.1 Å². The van der Waals surface area contributed by atoms with Gasteiger partial charge in [-0.3, -0.25) is 0 Å². The van der Waals surface area contributed by atoms with Crippen LogP contribution in [0.15, 0.2) is 16.6 Å². The summed E-state index contributed by atoms with van der Waals surface area (Å²) in [5.74, 6) is 0. The summed E-state index contributed by atoms with van der Waals surface area (Å²) < 4.78 is 5.93. The Morgan fingerprint density at radius 2 is 1.80 bits per heavy atom. The highest BCUT2D eigenvalue weighted by Gasteiger charge is 2.15. The molecule has 0 fully saturated rings. The molecular formula is C13H17BrCl2N2O2. The third-order valence-corrected chi connectivity index (χ3v) is 3.16. The predicted octanol–water partition coefficient (Wildman–Crippen LogP) is 4.69. The molecule has 1 aromatic rings. The van der Waals surface area contributed by atoms with Crippen molar-refractivity contribution in [1.82, 2.24) is 5.32 Å². The maximum Gasteiger partial charge on any atom is 0.407 e. The number of nitrogens with one attached hydrogen (secondary N) is 2. The maximum absolute atomic E-state index is 11.4. The third kappa shape index (κ3) is 6.20. The van der Waals surface area contributed by atoms with Crippen molar-refractivity contribution < 1.29 is 9.53 Å². The van der Waals surface area contributed by atoms with Crippen LogP contribution in [0.2, 0.25) is 10.0 Å². The van der Waals surface area contributed by atoms with Crippen molar-refractivity contribution in [2.45, 2.75) is 26.4 Å². The lowest BCUT2D eigenvalue weighted by Crippen LogP contribution is -2.35. The van der Waals surface area contributed by atoms with Crippen molar-refractivity contribution in [2.24, 2.45) is 0 Å². The zero-order valence-electron chi connectivity index (χ0n) is 11.5. The summed E-state index contributed by atoms with van der Waals surface area (Å²) in [4.78, 5) is 11.4. The molecule has 112 valence electrons. The highest BCUT2D eigenvalue weighted by atomic mass is 79.9. The molecule has 1 rings (SSSR count). The molecule has 0 unspecified atom stereocenters. The van der Waals surface area contributed by atoms with Crippen LogP contribution in [0.25, 0.3) is 0 Å². The normalized spacial score (nSPS) is 11.1. The summed E-state index contributed by atoms with van der Waals surface area (Å²) in [5, 5.41) is 6.74. The Labute approximate surface area is 137 Å². The van der Waals surface area contributed by atoms with Gasteiger partial charge in [-0.05, 0) is 32.9 Å². The summed E-state index contributed by atoms with van der Waals surface area (Å²) in [6.45, 7) is 6.32. The first-order chi connectivity index (χ1) is 9.19. The number of alkyl carbamates (subject to hydrolysis) is 1. The summed E-state index contributed by atoms with van der Waals surface area (Å²) in [7, 11) is 0. The summed E-state index contributed by atoms with van der Waals surface area (Å²) in [6.07, 6.45) is -0.452. The SMILES string of the molecule is CC(C)(C)OC(=O)NCCNc1c(Cl)cc(Br)cc1Cl. The smallest absolute Gasteiger partial charge is 0.407 e. The van der Waals surface area contributed by atoms with Crippen LogP contribution in [0, 0.1) is 0 Å². The van der Waals surface area contributed by atoms with E-state index in [0.717, 1.165) is 4.47 Å². The maximum atomic E-state index is 11.4. The minimum absolute atomic E-state index is 0.400. The first-order valence-corrected chi connectivity index (χ1v) is 7.59. The molecule has 0 atom stereocenters. The molecule has 0 aromatic heterocycles. The summed E-state index contributed by atoms with van der Waals surface area (Å²) in [6, 6.07) is 3.49. The monoisotopic (exact) mass is 382 g/mol. The van der Waals surface area contributed by atoms with Crippen molar-refractivity contribution >= 4 is 50.9 Å². The van der Waals surface area contributed by atoms with E-state index in [0.29, 0.717) is 28.8 Å². The van der Waals surface area contributed by atoms with E-state index in [2.05, 4.69) is 26.6 Å². The van der Waals surface area contributed by atoms with E-state index >= 15 is 0 Å². The molecule has 0 aliphatic rings. The number of hydrogen-bond acceptors (Lipinski definition) is 3. The first kappa shape index (κ1) is 17.4. The molecule has 0 saturated carbocycles. The van der Waals surface area contributed by atoms with Crippen LogP contribution in [0.4, 0.5) is 10.5 Å². The minimum Gasteiger partial charge on any atom is -0.444 e. The van der Waals surface area contributed by atoms with Crippen molar-refractivity contribution in [3.8, 4) is 0 Å². The van der Waals surface area contributed by atoms with Crippen molar-refractivity contribution in [3.63, 3.8) is 0 Å². The number of hydrogen-bond donors (Lipinski definition) is 2. The Balaban J connectivity index is 2.41. The van der Waals surface area contributed by atoms with Crippen LogP contribution in [-0.4, -0.2) is 24.8 Å². The van der Waals surface area contributed by atoms with Gasteiger partial charge >= 0.3 is 6.09 Å². The van der Waals surface area contributed by atoms with Gasteiger partial charge in [-0.15, -0.1) is 0 Å². The van der Waals surface area contributed by atoms with Gasteiger partial charge < -0.3 is 15.4 Å². The van der Waals surface area contributed by atoms with E-state index in [-0.39, 0.29) is 0 Å². The van der Waals surface area contributed by atoms with Gasteiger partial charge in [0.2, 0.25) is 0 Å². The molecule has 0 aliphatic heterocycles. The first-order valence-electron chi connectivity index (χ1n) is 6.04. The van der Waals surface area contributed by atoms with E-state index in [4.69, 9.17) is 27.9 Å². The molecule has 7 heteroatoms. The molecule has 0 saturated heterocycles. The standard InChI is InChI=1S/C13H17BrCl2N2O2/c1-13(2,3)20-12(19)18-5-4-17-11-9(15)6-8(14)7-10(11)16/h6-7,17H,4-5H2,1-3H3,(H,18,19). The second-order valence-corrected chi connectivity index (χ2v) is 6.83. The number of benzene rings is 1. The van der Waals surface area contributed by atoms with Crippen LogP contribution < -0.4 is 10.6 Å². The number of amides is 1. The molecule has 0 heterocycles. The number of rotatable bonds is 4. The predicted molar refractivity (Wildman–Crippen MR) is 86.9 cm³/mol. The minimum atomic E-state index is -0.504. The Morgan fingerprint density at radius 1 is 1.25 bits per heavy atom. The van der Waals surface area contributed by atoms with Crippen LogP contribution in [-0.2, 0) is 4.74 Å². The fraction of sp³-hybridized carbons (Fsp3) is 0.462. The second-order valence-electron chi connectivity index (χ2n) is 5.10. The van der Waals surface area contributed by atoms with E-state index in [1.165, 1.54) is 0 Å². The number of anilines is 1. The second kappa shape index (κ2) is 7.38. The Morgan fingerprint density at radius 3 is 2.30 bits per heavy atom. The number of ether oxygens (including phenoxy) is 1. The van der Waals surface area contributed by atoms with Gasteiger partial charge in [0.1, 0.15) is 5.60 Å². The van der Waals surface area contributed by atoms with E-state index in [9.17, 15) is 4.79 Å². The highest BCUT2D eigenvalue weighted by Crippen LogP contribution is 2.33. The lowest BCUT2D eigenvalue weighted by molar-refractivity contribution is 0.0530. The van der Waals surface area contributed by atoms with Crippen molar-refractivity contribution in [3.05, 3.63) is 26.7 Å². The molecular weight excluding hydrogens is 367 g/mol.